The number of hydrogen-bond acceptors (Lipinski definition) is 3. The lowest BCUT2D eigenvalue weighted by Gasteiger charge is -2.14. The average Bonchev–Trinajstić information content (AvgIpc) is 2.46. The summed E-state index contributed by atoms with van der Waals surface area (Å²) in [5.41, 5.74) is 2.31. The predicted molar refractivity (Wildman–Crippen MR) is 89.1 cm³/mol. The second-order valence-corrected chi connectivity index (χ2v) is 5.66. The number of nitrogens with one attached hydrogen (secondary N) is 1. The highest BCUT2D eigenvalue weighted by Crippen LogP contribution is 2.23. The van der Waals surface area contributed by atoms with E-state index >= 15 is 0 Å². The molecule has 21 heavy (non-hydrogen) atoms. The first-order chi connectivity index (χ1) is 10.2. The van der Waals surface area contributed by atoms with Crippen LogP contribution in [0.15, 0.2) is 46.9 Å². The Kier molecular flexibility index (Phi) is 6.08. The molecule has 0 aromatic heterocycles. The van der Waals surface area contributed by atoms with Crippen molar-refractivity contribution < 1.29 is 9.47 Å². The Hall–Kier alpha value is -1.52. The Morgan fingerprint density at radius 3 is 2.57 bits per heavy atom. The van der Waals surface area contributed by atoms with Crippen molar-refractivity contribution in [2.45, 2.75) is 13.5 Å². The highest BCUT2D eigenvalue weighted by atomic mass is 79.9. The largest absolute Gasteiger partial charge is 0.490 e. The minimum Gasteiger partial charge on any atom is -0.490 e. The number of halogens is 1. The van der Waals surface area contributed by atoms with Crippen LogP contribution in [0.25, 0.3) is 0 Å². The first-order valence-electron chi connectivity index (χ1n) is 6.95. The van der Waals surface area contributed by atoms with Gasteiger partial charge < -0.3 is 14.8 Å². The van der Waals surface area contributed by atoms with Crippen LogP contribution in [0.5, 0.6) is 11.5 Å². The Morgan fingerprint density at radius 2 is 1.81 bits per heavy atom. The molecular formula is C17H20BrNO2. The van der Waals surface area contributed by atoms with E-state index in [-0.39, 0.29) is 0 Å². The van der Waals surface area contributed by atoms with Crippen molar-refractivity contribution in [2.75, 3.05) is 20.3 Å². The van der Waals surface area contributed by atoms with Gasteiger partial charge in [0.15, 0.2) is 0 Å². The zero-order chi connectivity index (χ0) is 15.1. The average molecular weight is 350 g/mol. The van der Waals surface area contributed by atoms with Crippen LogP contribution in [0.4, 0.5) is 0 Å². The van der Waals surface area contributed by atoms with Crippen LogP contribution >= 0.6 is 15.9 Å². The maximum atomic E-state index is 5.90. The minimum atomic E-state index is 0.518. The lowest BCUT2D eigenvalue weighted by molar-refractivity contribution is 0.215. The molecule has 0 amide bonds. The van der Waals surface area contributed by atoms with Crippen molar-refractivity contribution in [2.24, 2.45) is 0 Å². The highest BCUT2D eigenvalue weighted by Gasteiger charge is 2.06. The molecule has 0 heterocycles. The molecule has 0 radical (unpaired) electrons. The van der Waals surface area contributed by atoms with Crippen LogP contribution in [-0.2, 0) is 6.54 Å². The summed E-state index contributed by atoms with van der Waals surface area (Å²) in [6.07, 6.45) is 0. The minimum absolute atomic E-state index is 0.518. The number of hydrogen-bond donors (Lipinski definition) is 1. The van der Waals surface area contributed by atoms with Crippen LogP contribution in [0.3, 0.4) is 0 Å². The van der Waals surface area contributed by atoms with Gasteiger partial charge in [-0.05, 0) is 37.7 Å². The summed E-state index contributed by atoms with van der Waals surface area (Å²) < 4.78 is 12.6. The zero-order valence-corrected chi connectivity index (χ0v) is 13.9. The van der Waals surface area contributed by atoms with E-state index in [9.17, 15) is 0 Å². The molecule has 1 N–H and O–H groups in total. The smallest absolute Gasteiger partial charge is 0.126 e. The number of ether oxygens (including phenoxy) is 2. The third-order valence-corrected chi connectivity index (χ3v) is 3.55. The molecule has 2 rings (SSSR count). The molecule has 0 saturated heterocycles. The van der Waals surface area contributed by atoms with Crippen LogP contribution in [0.1, 0.15) is 11.1 Å². The van der Waals surface area contributed by atoms with Crippen molar-refractivity contribution in [1.29, 1.82) is 0 Å². The Morgan fingerprint density at radius 1 is 1.05 bits per heavy atom. The van der Waals surface area contributed by atoms with Crippen LogP contribution in [-0.4, -0.2) is 20.3 Å². The molecule has 2 aromatic carbocycles. The predicted octanol–water partition coefficient (Wildman–Crippen LogP) is 3.93. The van der Waals surface area contributed by atoms with Crippen molar-refractivity contribution in [1.82, 2.24) is 5.32 Å². The van der Waals surface area contributed by atoms with Gasteiger partial charge in [-0.25, -0.2) is 0 Å². The number of aryl methyl sites for hydroxylation is 1. The molecule has 0 unspecified atom stereocenters. The topological polar surface area (TPSA) is 30.5 Å². The molecule has 0 bridgehead atoms. The van der Waals surface area contributed by atoms with E-state index in [4.69, 9.17) is 9.47 Å². The molecule has 0 spiro atoms. The maximum Gasteiger partial charge on any atom is 0.126 e. The normalized spacial score (nSPS) is 10.4. The van der Waals surface area contributed by atoms with Gasteiger partial charge in [0.25, 0.3) is 0 Å². The summed E-state index contributed by atoms with van der Waals surface area (Å²) in [6.45, 7) is 3.89. The van der Waals surface area contributed by atoms with E-state index < -0.39 is 0 Å². The fourth-order valence-electron chi connectivity index (χ4n) is 2.11. The summed E-state index contributed by atoms with van der Waals surface area (Å²) in [6, 6.07) is 14.0. The van der Waals surface area contributed by atoms with Crippen LogP contribution < -0.4 is 14.8 Å². The SMILES string of the molecule is CNCc1cccc(C)c1OCCOc1cccc(Br)c1. The van der Waals surface area contributed by atoms with Gasteiger partial charge in [-0.2, -0.15) is 0 Å². The van der Waals surface area contributed by atoms with E-state index in [0.717, 1.165) is 28.1 Å². The van der Waals surface area contributed by atoms with Crippen molar-refractivity contribution >= 4 is 15.9 Å². The van der Waals surface area contributed by atoms with Crippen LogP contribution in [0.2, 0.25) is 0 Å². The Labute approximate surface area is 134 Å². The van der Waals surface area contributed by atoms with Gasteiger partial charge in [0.05, 0.1) is 0 Å². The first kappa shape index (κ1) is 15.9. The van der Waals surface area contributed by atoms with E-state index in [1.54, 1.807) is 0 Å². The van der Waals surface area contributed by atoms with Gasteiger partial charge in [-0.15, -0.1) is 0 Å². The van der Waals surface area contributed by atoms with Gasteiger partial charge >= 0.3 is 0 Å². The summed E-state index contributed by atoms with van der Waals surface area (Å²) in [4.78, 5) is 0. The molecule has 2 aromatic rings. The Balaban J connectivity index is 1.89. The third-order valence-electron chi connectivity index (χ3n) is 3.06. The molecule has 0 atom stereocenters. The molecule has 0 aliphatic heterocycles. The first-order valence-corrected chi connectivity index (χ1v) is 7.74. The van der Waals surface area contributed by atoms with Gasteiger partial charge in [0.2, 0.25) is 0 Å². The van der Waals surface area contributed by atoms with Crippen molar-refractivity contribution in [3.05, 3.63) is 58.1 Å². The number of para-hydroxylation sites is 1. The summed E-state index contributed by atoms with van der Waals surface area (Å²) in [7, 11) is 1.93. The summed E-state index contributed by atoms with van der Waals surface area (Å²) in [5, 5.41) is 3.16. The number of rotatable bonds is 7. The third kappa shape index (κ3) is 4.76. The van der Waals surface area contributed by atoms with Gasteiger partial charge in [0.1, 0.15) is 24.7 Å². The molecule has 0 aliphatic carbocycles. The summed E-state index contributed by atoms with van der Waals surface area (Å²) >= 11 is 3.43. The molecule has 0 saturated carbocycles. The second kappa shape index (κ2) is 8.05. The standard InChI is InChI=1S/C17H20BrNO2/c1-13-5-3-6-14(12-19-2)17(13)21-10-9-20-16-8-4-7-15(18)11-16/h3-8,11,19H,9-10,12H2,1-2H3. The highest BCUT2D eigenvalue weighted by molar-refractivity contribution is 9.10. The maximum absolute atomic E-state index is 5.90. The zero-order valence-electron chi connectivity index (χ0n) is 12.4. The second-order valence-electron chi connectivity index (χ2n) is 4.75. The fourth-order valence-corrected chi connectivity index (χ4v) is 2.49. The van der Waals surface area contributed by atoms with Gasteiger partial charge in [-0.1, -0.05) is 40.2 Å². The molecule has 112 valence electrons. The van der Waals surface area contributed by atoms with E-state index in [1.807, 2.05) is 37.4 Å². The molecule has 4 heteroatoms. The lowest BCUT2D eigenvalue weighted by Crippen LogP contribution is -2.13. The van der Waals surface area contributed by atoms with Crippen LogP contribution in [0, 0.1) is 6.92 Å². The molecular weight excluding hydrogens is 330 g/mol. The monoisotopic (exact) mass is 349 g/mol. The molecule has 0 fully saturated rings. The van der Waals surface area contributed by atoms with Gasteiger partial charge in [-0.3, -0.25) is 0 Å². The number of benzene rings is 2. The lowest BCUT2D eigenvalue weighted by atomic mass is 10.1. The Bertz CT molecular complexity index is 587. The quantitative estimate of drug-likeness (QED) is 0.768. The van der Waals surface area contributed by atoms with Crippen molar-refractivity contribution in [3.8, 4) is 11.5 Å². The van der Waals surface area contributed by atoms with E-state index in [1.165, 1.54) is 5.56 Å². The van der Waals surface area contributed by atoms with E-state index in [2.05, 4.69) is 40.3 Å². The summed E-state index contributed by atoms with van der Waals surface area (Å²) in [5.74, 6) is 1.79. The van der Waals surface area contributed by atoms with Crippen molar-refractivity contribution in [3.63, 3.8) is 0 Å². The van der Waals surface area contributed by atoms with Gasteiger partial charge in [0, 0.05) is 16.6 Å². The fraction of sp³-hybridized carbons (Fsp3) is 0.294. The molecule has 3 nitrogen and oxygen atoms in total. The van der Waals surface area contributed by atoms with E-state index in [0.29, 0.717) is 13.2 Å². The molecule has 0 aliphatic rings.